The summed E-state index contributed by atoms with van der Waals surface area (Å²) in [6.45, 7) is 3.10. The number of thiazole rings is 1. The van der Waals surface area contributed by atoms with Gasteiger partial charge in [-0.05, 0) is 12.8 Å². The summed E-state index contributed by atoms with van der Waals surface area (Å²) < 4.78 is 37.6. The number of aliphatic imine (C=N–C) groups is 1. The van der Waals surface area contributed by atoms with Gasteiger partial charge >= 0.3 is 6.18 Å². The number of carbonyl (C=O) groups is 1. The molecular weight excluding hydrogens is 343 g/mol. The Labute approximate surface area is 142 Å². The first-order chi connectivity index (χ1) is 11.3. The molecule has 10 heteroatoms. The van der Waals surface area contributed by atoms with E-state index in [1.165, 1.54) is 0 Å². The average molecular weight is 363 g/mol. The minimum atomic E-state index is -4.42. The second-order valence-electron chi connectivity index (χ2n) is 5.47. The SMILES string of the molecule is CN=C(NCc1nc(C(F)(F)F)cs1)NC1CCN(C(C)=O)CC1. The van der Waals surface area contributed by atoms with E-state index in [4.69, 9.17) is 0 Å². The van der Waals surface area contributed by atoms with E-state index in [-0.39, 0.29) is 18.5 Å². The van der Waals surface area contributed by atoms with Crippen molar-refractivity contribution >= 4 is 23.2 Å². The summed E-state index contributed by atoms with van der Waals surface area (Å²) in [4.78, 5) is 20.7. The number of likely N-dealkylation sites (tertiary alicyclic amines) is 1. The van der Waals surface area contributed by atoms with Gasteiger partial charge in [0.05, 0.1) is 6.54 Å². The Hall–Kier alpha value is -1.84. The fourth-order valence-electron chi connectivity index (χ4n) is 2.41. The van der Waals surface area contributed by atoms with Gasteiger partial charge in [-0.1, -0.05) is 0 Å². The predicted octanol–water partition coefficient (Wildman–Crippen LogP) is 1.84. The van der Waals surface area contributed by atoms with Crippen LogP contribution in [0.25, 0.3) is 0 Å². The second-order valence-corrected chi connectivity index (χ2v) is 6.42. The maximum atomic E-state index is 12.5. The number of hydrogen-bond donors (Lipinski definition) is 2. The molecule has 2 N–H and O–H groups in total. The molecule has 0 radical (unpaired) electrons. The number of aromatic nitrogens is 1. The van der Waals surface area contributed by atoms with Crippen molar-refractivity contribution in [2.75, 3.05) is 20.1 Å². The molecule has 1 aliphatic rings. The van der Waals surface area contributed by atoms with Gasteiger partial charge in [0, 0.05) is 38.5 Å². The molecule has 6 nitrogen and oxygen atoms in total. The van der Waals surface area contributed by atoms with Crippen LogP contribution >= 0.6 is 11.3 Å². The molecule has 2 heterocycles. The number of nitrogens with one attached hydrogen (secondary N) is 2. The van der Waals surface area contributed by atoms with Crippen LogP contribution in [-0.2, 0) is 17.5 Å². The molecule has 0 unspecified atom stereocenters. The van der Waals surface area contributed by atoms with Crippen LogP contribution in [0.15, 0.2) is 10.4 Å². The molecule has 0 atom stereocenters. The van der Waals surface area contributed by atoms with E-state index in [1.807, 2.05) is 0 Å². The number of guanidine groups is 1. The van der Waals surface area contributed by atoms with Crippen LogP contribution in [0.1, 0.15) is 30.5 Å². The number of rotatable bonds is 3. The van der Waals surface area contributed by atoms with E-state index in [9.17, 15) is 18.0 Å². The van der Waals surface area contributed by atoms with Crippen molar-refractivity contribution < 1.29 is 18.0 Å². The Balaban J connectivity index is 1.81. The van der Waals surface area contributed by atoms with E-state index in [2.05, 4.69) is 20.6 Å². The molecule has 0 spiro atoms. The number of nitrogens with zero attached hydrogens (tertiary/aromatic N) is 3. The summed E-state index contributed by atoms with van der Waals surface area (Å²) in [5.41, 5.74) is -0.871. The Morgan fingerprint density at radius 1 is 1.46 bits per heavy atom. The molecule has 0 bridgehead atoms. The smallest absolute Gasteiger partial charge is 0.354 e. The van der Waals surface area contributed by atoms with Crippen LogP contribution in [-0.4, -0.2) is 47.9 Å². The van der Waals surface area contributed by atoms with Crippen molar-refractivity contribution in [3.63, 3.8) is 0 Å². The first-order valence-corrected chi connectivity index (χ1v) is 8.42. The van der Waals surface area contributed by atoms with Gasteiger partial charge in [0.15, 0.2) is 11.7 Å². The molecule has 0 aromatic carbocycles. The summed E-state index contributed by atoms with van der Waals surface area (Å²) in [5, 5.41) is 7.55. The average Bonchev–Trinajstić information content (AvgIpc) is 3.01. The van der Waals surface area contributed by atoms with Gasteiger partial charge in [-0.25, -0.2) is 4.98 Å². The molecule has 1 aromatic rings. The highest BCUT2D eigenvalue weighted by Gasteiger charge is 2.33. The second kappa shape index (κ2) is 7.82. The van der Waals surface area contributed by atoms with Gasteiger partial charge in [0.25, 0.3) is 0 Å². The molecule has 24 heavy (non-hydrogen) atoms. The predicted molar refractivity (Wildman–Crippen MR) is 85.7 cm³/mol. The van der Waals surface area contributed by atoms with E-state index in [0.717, 1.165) is 29.6 Å². The Bertz CT molecular complexity index is 593. The van der Waals surface area contributed by atoms with Crippen molar-refractivity contribution in [3.8, 4) is 0 Å². The van der Waals surface area contributed by atoms with Crippen molar-refractivity contribution in [1.29, 1.82) is 0 Å². The van der Waals surface area contributed by atoms with E-state index < -0.39 is 11.9 Å². The van der Waals surface area contributed by atoms with Crippen LogP contribution < -0.4 is 10.6 Å². The third kappa shape index (κ3) is 5.08. The topological polar surface area (TPSA) is 69.6 Å². The van der Waals surface area contributed by atoms with Crippen LogP contribution in [0, 0.1) is 0 Å². The molecule has 2 rings (SSSR count). The molecule has 1 amide bonds. The fraction of sp³-hybridized carbons (Fsp3) is 0.643. The first-order valence-electron chi connectivity index (χ1n) is 7.54. The van der Waals surface area contributed by atoms with E-state index in [0.29, 0.717) is 24.1 Å². The molecule has 1 saturated heterocycles. The Kier molecular flexibility index (Phi) is 6.03. The quantitative estimate of drug-likeness (QED) is 0.635. The zero-order chi connectivity index (χ0) is 17.7. The van der Waals surface area contributed by atoms with Crippen molar-refractivity contribution in [2.24, 2.45) is 4.99 Å². The highest BCUT2D eigenvalue weighted by atomic mass is 32.1. The zero-order valence-corrected chi connectivity index (χ0v) is 14.3. The third-order valence-corrected chi connectivity index (χ3v) is 4.60. The summed E-state index contributed by atoms with van der Waals surface area (Å²) in [6.07, 6.45) is -2.81. The third-order valence-electron chi connectivity index (χ3n) is 3.75. The lowest BCUT2D eigenvalue weighted by molar-refractivity contribution is -0.140. The maximum Gasteiger partial charge on any atom is 0.434 e. The highest BCUT2D eigenvalue weighted by molar-refractivity contribution is 7.09. The highest BCUT2D eigenvalue weighted by Crippen LogP contribution is 2.29. The number of carbonyl (C=O) groups excluding carboxylic acids is 1. The molecule has 134 valence electrons. The summed E-state index contributed by atoms with van der Waals surface area (Å²) in [7, 11) is 1.60. The summed E-state index contributed by atoms with van der Waals surface area (Å²) in [6, 6.07) is 0.175. The minimum absolute atomic E-state index is 0.0696. The zero-order valence-electron chi connectivity index (χ0n) is 13.5. The number of amides is 1. The standard InChI is InChI=1S/C14H20F3N5OS/c1-9(23)22-5-3-10(4-6-22)20-13(18-2)19-7-12-21-11(8-24-12)14(15,16)17/h8,10H,3-7H2,1-2H3,(H2,18,19,20). The fourth-order valence-corrected chi connectivity index (χ4v) is 3.15. The van der Waals surface area contributed by atoms with Gasteiger partial charge in [-0.15, -0.1) is 11.3 Å². The van der Waals surface area contributed by atoms with Crippen molar-refractivity contribution in [2.45, 2.75) is 38.5 Å². The first kappa shape index (κ1) is 18.5. The number of halogens is 3. The van der Waals surface area contributed by atoms with Gasteiger partial charge < -0.3 is 15.5 Å². The van der Waals surface area contributed by atoms with Gasteiger partial charge in [-0.2, -0.15) is 13.2 Å². The van der Waals surface area contributed by atoms with Gasteiger partial charge in [0.1, 0.15) is 5.01 Å². The minimum Gasteiger partial charge on any atom is -0.354 e. The Morgan fingerprint density at radius 3 is 2.62 bits per heavy atom. The van der Waals surface area contributed by atoms with Crippen LogP contribution in [0.2, 0.25) is 0 Å². The van der Waals surface area contributed by atoms with Crippen LogP contribution in [0.4, 0.5) is 13.2 Å². The number of alkyl halides is 3. The van der Waals surface area contributed by atoms with Gasteiger partial charge in [-0.3, -0.25) is 9.79 Å². The van der Waals surface area contributed by atoms with Crippen molar-refractivity contribution in [3.05, 3.63) is 16.1 Å². The monoisotopic (exact) mass is 363 g/mol. The maximum absolute atomic E-state index is 12.5. The van der Waals surface area contributed by atoms with E-state index in [1.54, 1.807) is 18.9 Å². The molecule has 1 aromatic heterocycles. The lowest BCUT2D eigenvalue weighted by Gasteiger charge is -2.32. The normalized spacial score (nSPS) is 17.0. The van der Waals surface area contributed by atoms with Crippen LogP contribution in [0.5, 0.6) is 0 Å². The van der Waals surface area contributed by atoms with E-state index >= 15 is 0 Å². The summed E-state index contributed by atoms with van der Waals surface area (Å²) in [5.74, 6) is 0.584. The molecule has 0 saturated carbocycles. The lowest BCUT2D eigenvalue weighted by Crippen LogP contribution is -2.49. The number of piperidine rings is 1. The Morgan fingerprint density at radius 2 is 2.12 bits per heavy atom. The molecule has 1 aliphatic heterocycles. The van der Waals surface area contributed by atoms with Gasteiger partial charge in [0.2, 0.25) is 5.91 Å². The number of hydrogen-bond acceptors (Lipinski definition) is 4. The lowest BCUT2D eigenvalue weighted by atomic mass is 10.1. The molecule has 1 fully saturated rings. The largest absolute Gasteiger partial charge is 0.434 e. The van der Waals surface area contributed by atoms with Crippen LogP contribution in [0.3, 0.4) is 0 Å². The molecule has 0 aliphatic carbocycles. The summed E-state index contributed by atoms with van der Waals surface area (Å²) >= 11 is 0.958. The molecular formula is C14H20F3N5OS. The van der Waals surface area contributed by atoms with Crippen molar-refractivity contribution in [1.82, 2.24) is 20.5 Å².